The minimum absolute atomic E-state index is 0.0679. The number of benzene rings is 2. The number of hydrazone groups is 1. The number of para-hydroxylation sites is 1. The van der Waals surface area contributed by atoms with Crippen LogP contribution in [0.4, 0.5) is 5.69 Å². The van der Waals surface area contributed by atoms with Crippen molar-refractivity contribution in [2.24, 2.45) is 11.0 Å². The summed E-state index contributed by atoms with van der Waals surface area (Å²) < 4.78 is 5.24. The van der Waals surface area contributed by atoms with E-state index in [0.29, 0.717) is 17.0 Å². The van der Waals surface area contributed by atoms with Crippen LogP contribution in [0.5, 0.6) is 5.75 Å². The summed E-state index contributed by atoms with van der Waals surface area (Å²) in [7, 11) is 1.58. The number of methoxy groups -OCH3 is 1. The monoisotopic (exact) mass is 379 g/mol. The molecule has 0 radical (unpaired) electrons. The van der Waals surface area contributed by atoms with Gasteiger partial charge >= 0.3 is 0 Å². The number of amides is 2. The second-order valence-electron chi connectivity index (χ2n) is 6.84. The molecule has 0 heterocycles. The van der Waals surface area contributed by atoms with E-state index in [9.17, 15) is 9.59 Å². The van der Waals surface area contributed by atoms with Crippen molar-refractivity contribution in [3.63, 3.8) is 0 Å². The predicted molar refractivity (Wildman–Crippen MR) is 110 cm³/mol. The van der Waals surface area contributed by atoms with Crippen molar-refractivity contribution in [3.05, 3.63) is 59.7 Å². The van der Waals surface area contributed by atoms with Crippen molar-refractivity contribution in [1.82, 2.24) is 5.43 Å². The van der Waals surface area contributed by atoms with Crippen LogP contribution in [0.3, 0.4) is 0 Å². The summed E-state index contributed by atoms with van der Waals surface area (Å²) in [6, 6.07) is 14.2. The molecule has 6 nitrogen and oxygen atoms in total. The molecule has 2 aromatic carbocycles. The Morgan fingerprint density at radius 2 is 1.75 bits per heavy atom. The summed E-state index contributed by atoms with van der Waals surface area (Å²) in [5, 5.41) is 6.93. The average molecular weight is 379 g/mol. The van der Waals surface area contributed by atoms with Gasteiger partial charge in [0, 0.05) is 22.7 Å². The highest BCUT2D eigenvalue weighted by Crippen LogP contribution is 2.25. The van der Waals surface area contributed by atoms with Crippen LogP contribution < -0.4 is 15.5 Å². The maximum atomic E-state index is 12.3. The fraction of sp³-hybridized carbons (Fsp3) is 0.318. The van der Waals surface area contributed by atoms with Crippen molar-refractivity contribution in [3.8, 4) is 5.75 Å². The van der Waals surface area contributed by atoms with Gasteiger partial charge in [-0.3, -0.25) is 9.59 Å². The molecule has 0 aliphatic heterocycles. The number of ether oxygens (including phenoxy) is 1. The molecule has 0 aromatic heterocycles. The molecule has 1 aliphatic rings. The van der Waals surface area contributed by atoms with E-state index in [1.54, 1.807) is 31.4 Å². The van der Waals surface area contributed by atoms with Crippen LogP contribution in [0, 0.1) is 5.92 Å². The molecule has 146 valence electrons. The maximum Gasteiger partial charge on any atom is 0.271 e. The van der Waals surface area contributed by atoms with Crippen LogP contribution in [0.15, 0.2) is 53.6 Å². The standard InChI is InChI=1S/C22H25N3O3/c1-28-20-10-6-5-9-18(20)15-23-25-22(27)17-11-13-19(14-12-17)24-21(26)16-7-3-2-4-8-16/h5-6,9-16H,2-4,7-8H2,1H3,(H,24,26)(H,25,27). The van der Waals surface area contributed by atoms with E-state index in [2.05, 4.69) is 15.8 Å². The third-order valence-corrected chi connectivity index (χ3v) is 4.90. The van der Waals surface area contributed by atoms with Crippen molar-refractivity contribution in [2.45, 2.75) is 32.1 Å². The summed E-state index contributed by atoms with van der Waals surface area (Å²) in [6.45, 7) is 0. The predicted octanol–water partition coefficient (Wildman–Crippen LogP) is 3.98. The molecule has 0 bridgehead atoms. The first-order valence-corrected chi connectivity index (χ1v) is 9.54. The largest absolute Gasteiger partial charge is 0.496 e. The van der Waals surface area contributed by atoms with Crippen LogP contribution >= 0.6 is 0 Å². The second-order valence-corrected chi connectivity index (χ2v) is 6.84. The molecule has 0 unspecified atom stereocenters. The SMILES string of the molecule is COc1ccccc1C=NNC(=O)c1ccc(NC(=O)C2CCCCC2)cc1. The lowest BCUT2D eigenvalue weighted by Crippen LogP contribution is -2.24. The van der Waals surface area contributed by atoms with E-state index >= 15 is 0 Å². The Morgan fingerprint density at radius 1 is 1.04 bits per heavy atom. The van der Waals surface area contributed by atoms with E-state index in [1.807, 2.05) is 24.3 Å². The number of nitrogens with zero attached hydrogens (tertiary/aromatic N) is 1. The summed E-state index contributed by atoms with van der Waals surface area (Å²) in [4.78, 5) is 24.5. The van der Waals surface area contributed by atoms with Crippen LogP contribution in [0.25, 0.3) is 0 Å². The minimum atomic E-state index is -0.323. The van der Waals surface area contributed by atoms with E-state index in [-0.39, 0.29) is 17.7 Å². The lowest BCUT2D eigenvalue weighted by atomic mass is 9.88. The summed E-state index contributed by atoms with van der Waals surface area (Å²) in [6.07, 6.45) is 6.90. The normalized spacial score (nSPS) is 14.6. The minimum Gasteiger partial charge on any atom is -0.496 e. The molecular weight excluding hydrogens is 354 g/mol. The number of anilines is 1. The number of hydrogen-bond donors (Lipinski definition) is 2. The van der Waals surface area contributed by atoms with E-state index in [4.69, 9.17) is 4.74 Å². The van der Waals surface area contributed by atoms with Crippen LogP contribution in [-0.4, -0.2) is 25.1 Å². The van der Waals surface area contributed by atoms with Gasteiger partial charge in [-0.15, -0.1) is 0 Å². The van der Waals surface area contributed by atoms with E-state index in [1.165, 1.54) is 12.6 Å². The van der Waals surface area contributed by atoms with Gasteiger partial charge in [0.05, 0.1) is 13.3 Å². The first-order valence-electron chi connectivity index (χ1n) is 9.54. The molecule has 1 aliphatic carbocycles. The summed E-state index contributed by atoms with van der Waals surface area (Å²) in [5.74, 6) is 0.522. The molecule has 0 spiro atoms. The molecule has 2 aromatic rings. The van der Waals surface area contributed by atoms with E-state index < -0.39 is 0 Å². The van der Waals surface area contributed by atoms with E-state index in [0.717, 1.165) is 31.2 Å². The Kier molecular flexibility index (Phi) is 6.78. The van der Waals surface area contributed by atoms with Gasteiger partial charge in [-0.25, -0.2) is 5.43 Å². The quantitative estimate of drug-likeness (QED) is 0.588. The van der Waals surface area contributed by atoms with Crippen molar-refractivity contribution in [2.75, 3.05) is 12.4 Å². The zero-order valence-corrected chi connectivity index (χ0v) is 16.0. The average Bonchev–Trinajstić information content (AvgIpc) is 2.75. The van der Waals surface area contributed by atoms with Gasteiger partial charge in [0.25, 0.3) is 5.91 Å². The molecule has 2 amide bonds. The Labute approximate surface area is 165 Å². The van der Waals surface area contributed by atoms with Gasteiger partial charge in [-0.05, 0) is 49.2 Å². The Morgan fingerprint density at radius 3 is 2.46 bits per heavy atom. The lowest BCUT2D eigenvalue weighted by molar-refractivity contribution is -0.120. The van der Waals surface area contributed by atoms with Crippen LogP contribution in [0.2, 0.25) is 0 Å². The number of rotatable bonds is 6. The van der Waals surface area contributed by atoms with Crippen LogP contribution in [0.1, 0.15) is 48.0 Å². The molecule has 3 rings (SSSR count). The van der Waals surface area contributed by atoms with Gasteiger partial charge in [0.15, 0.2) is 0 Å². The Hall–Kier alpha value is -3.15. The lowest BCUT2D eigenvalue weighted by Gasteiger charge is -2.20. The van der Waals surface area contributed by atoms with Gasteiger partial charge in [0.2, 0.25) is 5.91 Å². The number of carbonyl (C=O) groups is 2. The first-order chi connectivity index (χ1) is 13.7. The fourth-order valence-corrected chi connectivity index (χ4v) is 3.31. The first kappa shape index (κ1) is 19.6. The maximum absolute atomic E-state index is 12.3. The summed E-state index contributed by atoms with van der Waals surface area (Å²) >= 11 is 0. The van der Waals surface area contributed by atoms with Gasteiger partial charge < -0.3 is 10.1 Å². The molecular formula is C22H25N3O3. The van der Waals surface area contributed by atoms with Crippen molar-refractivity contribution < 1.29 is 14.3 Å². The summed E-state index contributed by atoms with van der Waals surface area (Å²) in [5.41, 5.74) is 4.43. The highest BCUT2D eigenvalue weighted by atomic mass is 16.5. The molecule has 1 saturated carbocycles. The van der Waals surface area contributed by atoms with Gasteiger partial charge in [0.1, 0.15) is 5.75 Å². The third-order valence-electron chi connectivity index (χ3n) is 4.90. The Balaban J connectivity index is 1.54. The van der Waals surface area contributed by atoms with Crippen LogP contribution in [-0.2, 0) is 4.79 Å². The topological polar surface area (TPSA) is 79.8 Å². The van der Waals surface area contributed by atoms with Crippen molar-refractivity contribution >= 4 is 23.7 Å². The number of hydrogen-bond acceptors (Lipinski definition) is 4. The highest BCUT2D eigenvalue weighted by Gasteiger charge is 2.21. The van der Waals surface area contributed by atoms with Gasteiger partial charge in [-0.2, -0.15) is 5.10 Å². The molecule has 0 atom stereocenters. The zero-order valence-electron chi connectivity index (χ0n) is 16.0. The van der Waals surface area contributed by atoms with Gasteiger partial charge in [-0.1, -0.05) is 31.4 Å². The smallest absolute Gasteiger partial charge is 0.271 e. The molecule has 0 saturated heterocycles. The number of nitrogens with one attached hydrogen (secondary N) is 2. The fourth-order valence-electron chi connectivity index (χ4n) is 3.31. The zero-order chi connectivity index (χ0) is 19.8. The molecule has 28 heavy (non-hydrogen) atoms. The highest BCUT2D eigenvalue weighted by molar-refractivity contribution is 5.96. The molecule has 6 heteroatoms. The van der Waals surface area contributed by atoms with Crippen molar-refractivity contribution in [1.29, 1.82) is 0 Å². The molecule has 1 fully saturated rings. The Bertz CT molecular complexity index is 840. The second kappa shape index (κ2) is 9.69. The third kappa shape index (κ3) is 5.19. The number of carbonyl (C=O) groups excluding carboxylic acids is 2. The molecule has 2 N–H and O–H groups in total.